The Hall–Kier alpha value is -3.28. The van der Waals surface area contributed by atoms with E-state index in [-0.39, 0.29) is 23.7 Å². The molecule has 0 unspecified atom stereocenters. The van der Waals surface area contributed by atoms with E-state index in [2.05, 4.69) is 5.10 Å². The lowest BCUT2D eigenvalue weighted by molar-refractivity contribution is -0.385. The van der Waals surface area contributed by atoms with Gasteiger partial charge in [-0.3, -0.25) is 14.8 Å². The second-order valence-electron chi connectivity index (χ2n) is 7.81. The molecule has 0 spiro atoms. The Kier molecular flexibility index (Phi) is 6.72. The summed E-state index contributed by atoms with van der Waals surface area (Å²) in [7, 11) is -2.18. The van der Waals surface area contributed by atoms with Gasteiger partial charge in [-0.2, -0.15) is 9.40 Å². The van der Waals surface area contributed by atoms with Gasteiger partial charge in [0, 0.05) is 50.6 Å². The fraction of sp³-hybridized carbons (Fsp3) is 0.318. The average molecular weight is 472 g/mol. The number of sulfonamides is 1. The number of nitrogens with zero attached hydrogens (tertiary/aromatic N) is 5. The summed E-state index contributed by atoms with van der Waals surface area (Å²) >= 11 is 0. The fourth-order valence-corrected chi connectivity index (χ4v) is 5.43. The largest absolute Gasteiger partial charge is 0.379 e. The summed E-state index contributed by atoms with van der Waals surface area (Å²) in [5.41, 5.74) is 2.13. The van der Waals surface area contributed by atoms with Crippen LogP contribution in [0.1, 0.15) is 11.1 Å². The van der Waals surface area contributed by atoms with Gasteiger partial charge < -0.3 is 9.64 Å². The van der Waals surface area contributed by atoms with Crippen molar-refractivity contribution in [3.63, 3.8) is 0 Å². The first kappa shape index (κ1) is 22.9. The average Bonchev–Trinajstić information content (AvgIpc) is 3.26. The highest BCUT2D eigenvalue weighted by Gasteiger charge is 2.31. The standard InChI is InChI=1S/C22H25N5O5S/c1-24(15-19-14-23-25(17-19)16-18-5-3-2-4-6-18)21-8-7-20(27(28)29)13-22(21)33(30,31)26-9-11-32-12-10-26/h2-8,13-14,17H,9-12,15-16H2,1H3. The Bertz CT molecular complexity index is 1220. The molecule has 0 aliphatic carbocycles. The number of aromatic nitrogens is 2. The van der Waals surface area contributed by atoms with E-state index in [0.29, 0.717) is 32.0 Å². The molecule has 3 aromatic rings. The van der Waals surface area contributed by atoms with E-state index < -0.39 is 14.9 Å². The van der Waals surface area contributed by atoms with Crippen molar-refractivity contribution in [1.29, 1.82) is 0 Å². The van der Waals surface area contributed by atoms with E-state index in [0.717, 1.165) is 17.2 Å². The molecule has 1 aromatic heterocycles. The van der Waals surface area contributed by atoms with Crippen LogP contribution in [-0.4, -0.2) is 60.8 Å². The number of morpholine rings is 1. The number of benzene rings is 2. The molecule has 0 bridgehead atoms. The number of nitro groups is 1. The predicted octanol–water partition coefficient (Wildman–Crippen LogP) is 2.50. The molecule has 1 aliphatic rings. The van der Waals surface area contributed by atoms with Gasteiger partial charge in [0.2, 0.25) is 10.0 Å². The second kappa shape index (κ2) is 9.69. The van der Waals surface area contributed by atoms with Gasteiger partial charge in [-0.15, -0.1) is 0 Å². The Labute approximate surface area is 192 Å². The van der Waals surface area contributed by atoms with Crippen molar-refractivity contribution >= 4 is 21.4 Å². The fourth-order valence-electron chi connectivity index (χ4n) is 3.77. The maximum atomic E-state index is 13.4. The maximum absolute atomic E-state index is 13.4. The van der Waals surface area contributed by atoms with Crippen molar-refractivity contribution in [2.75, 3.05) is 38.3 Å². The minimum absolute atomic E-state index is 0.0854. The normalized spacial score (nSPS) is 14.8. The molecule has 0 atom stereocenters. The zero-order valence-electron chi connectivity index (χ0n) is 18.2. The maximum Gasteiger partial charge on any atom is 0.270 e. The van der Waals surface area contributed by atoms with Crippen molar-refractivity contribution in [2.45, 2.75) is 18.0 Å². The molecule has 10 nitrogen and oxygen atoms in total. The minimum atomic E-state index is -3.94. The number of hydrogen-bond donors (Lipinski definition) is 0. The third-order valence-corrected chi connectivity index (χ3v) is 7.37. The summed E-state index contributed by atoms with van der Waals surface area (Å²) in [6, 6.07) is 13.9. The second-order valence-corrected chi connectivity index (χ2v) is 9.72. The lowest BCUT2D eigenvalue weighted by atomic mass is 10.2. The molecular weight excluding hydrogens is 446 g/mol. The van der Waals surface area contributed by atoms with Crippen LogP contribution in [0.2, 0.25) is 0 Å². The summed E-state index contributed by atoms with van der Waals surface area (Å²) in [5, 5.41) is 15.7. The highest BCUT2D eigenvalue weighted by atomic mass is 32.2. The minimum Gasteiger partial charge on any atom is -0.379 e. The van der Waals surface area contributed by atoms with Crippen molar-refractivity contribution in [1.82, 2.24) is 14.1 Å². The van der Waals surface area contributed by atoms with Crippen LogP contribution in [0.15, 0.2) is 65.8 Å². The van der Waals surface area contributed by atoms with Crippen LogP contribution in [-0.2, 0) is 27.8 Å². The van der Waals surface area contributed by atoms with E-state index >= 15 is 0 Å². The topological polar surface area (TPSA) is 111 Å². The van der Waals surface area contributed by atoms with Crippen LogP contribution in [0.5, 0.6) is 0 Å². The van der Waals surface area contributed by atoms with Gasteiger partial charge >= 0.3 is 0 Å². The number of nitro benzene ring substituents is 1. The lowest BCUT2D eigenvalue weighted by Gasteiger charge is -2.28. The summed E-state index contributed by atoms with van der Waals surface area (Å²) in [6.07, 6.45) is 3.64. The summed E-state index contributed by atoms with van der Waals surface area (Å²) in [5.74, 6) is 0. The zero-order valence-corrected chi connectivity index (χ0v) is 19.0. The number of rotatable bonds is 8. The molecular formula is C22H25N5O5S. The lowest BCUT2D eigenvalue weighted by Crippen LogP contribution is -2.41. The summed E-state index contributed by atoms with van der Waals surface area (Å²) in [4.78, 5) is 12.4. The van der Waals surface area contributed by atoms with Gasteiger partial charge in [0.25, 0.3) is 5.69 Å². The van der Waals surface area contributed by atoms with Gasteiger partial charge in [0.15, 0.2) is 0 Å². The van der Waals surface area contributed by atoms with E-state index in [1.807, 2.05) is 41.2 Å². The van der Waals surface area contributed by atoms with Crippen LogP contribution in [0.4, 0.5) is 11.4 Å². The first-order valence-corrected chi connectivity index (χ1v) is 11.9. The molecule has 174 valence electrons. The Balaban J connectivity index is 1.59. The molecule has 0 saturated carbocycles. The van der Waals surface area contributed by atoms with Crippen LogP contribution in [0.25, 0.3) is 0 Å². The molecule has 4 rings (SSSR count). The number of anilines is 1. The van der Waals surface area contributed by atoms with Crippen molar-refractivity contribution in [2.24, 2.45) is 0 Å². The molecule has 2 aromatic carbocycles. The quantitative estimate of drug-likeness (QED) is 0.367. The van der Waals surface area contributed by atoms with Gasteiger partial charge in [-0.1, -0.05) is 30.3 Å². The molecule has 0 radical (unpaired) electrons. The van der Waals surface area contributed by atoms with Gasteiger partial charge in [0.05, 0.1) is 36.6 Å². The van der Waals surface area contributed by atoms with Gasteiger partial charge in [-0.05, 0) is 11.6 Å². The van der Waals surface area contributed by atoms with Crippen molar-refractivity contribution in [3.8, 4) is 0 Å². The predicted molar refractivity (Wildman–Crippen MR) is 123 cm³/mol. The first-order valence-electron chi connectivity index (χ1n) is 10.5. The first-order chi connectivity index (χ1) is 15.8. The highest BCUT2D eigenvalue weighted by molar-refractivity contribution is 7.89. The number of ether oxygens (including phenoxy) is 1. The molecule has 1 aliphatic heterocycles. The highest BCUT2D eigenvalue weighted by Crippen LogP contribution is 2.32. The monoisotopic (exact) mass is 471 g/mol. The van der Waals surface area contributed by atoms with E-state index in [9.17, 15) is 18.5 Å². The van der Waals surface area contributed by atoms with Crippen LogP contribution in [0, 0.1) is 10.1 Å². The smallest absolute Gasteiger partial charge is 0.270 e. The van der Waals surface area contributed by atoms with Crippen LogP contribution >= 0.6 is 0 Å². The van der Waals surface area contributed by atoms with Gasteiger partial charge in [-0.25, -0.2) is 8.42 Å². The Morgan fingerprint density at radius 1 is 1.12 bits per heavy atom. The molecule has 0 amide bonds. The van der Waals surface area contributed by atoms with Crippen molar-refractivity contribution in [3.05, 3.63) is 82.2 Å². The summed E-state index contributed by atoms with van der Waals surface area (Å²) < 4.78 is 35.1. The van der Waals surface area contributed by atoms with Crippen LogP contribution < -0.4 is 4.90 Å². The number of hydrogen-bond acceptors (Lipinski definition) is 7. The van der Waals surface area contributed by atoms with E-state index in [4.69, 9.17) is 4.74 Å². The molecule has 1 saturated heterocycles. The third-order valence-electron chi connectivity index (χ3n) is 5.45. The van der Waals surface area contributed by atoms with Crippen LogP contribution in [0.3, 0.4) is 0 Å². The molecule has 33 heavy (non-hydrogen) atoms. The summed E-state index contributed by atoms with van der Waals surface area (Å²) in [6.45, 7) is 2.01. The molecule has 1 fully saturated rings. The van der Waals surface area contributed by atoms with E-state index in [1.165, 1.54) is 16.4 Å². The SMILES string of the molecule is CN(Cc1cnn(Cc2ccccc2)c1)c1ccc([N+](=O)[O-])cc1S(=O)(=O)N1CCOCC1. The molecule has 11 heteroatoms. The molecule has 2 heterocycles. The van der Waals surface area contributed by atoms with E-state index in [1.54, 1.807) is 18.1 Å². The third kappa shape index (κ3) is 5.21. The zero-order chi connectivity index (χ0) is 23.4. The van der Waals surface area contributed by atoms with Crippen molar-refractivity contribution < 1.29 is 18.1 Å². The molecule has 0 N–H and O–H groups in total. The van der Waals surface area contributed by atoms with Gasteiger partial charge in [0.1, 0.15) is 4.90 Å². The Morgan fingerprint density at radius 3 is 2.55 bits per heavy atom. The Morgan fingerprint density at radius 2 is 1.85 bits per heavy atom. The number of non-ortho nitro benzene ring substituents is 1.